The number of piperazine rings is 1. The number of hydrogen-bond donors (Lipinski definition) is 0. The summed E-state index contributed by atoms with van der Waals surface area (Å²) >= 11 is 7.59. The topological polar surface area (TPSA) is 71.3 Å². The van der Waals surface area contributed by atoms with E-state index in [-0.39, 0.29) is 29.2 Å². The zero-order valence-corrected chi connectivity index (χ0v) is 19.9. The van der Waals surface area contributed by atoms with E-state index in [0.29, 0.717) is 47.7 Å². The van der Waals surface area contributed by atoms with Crippen molar-refractivity contribution in [2.45, 2.75) is 18.0 Å². The molecule has 1 saturated carbocycles. The molecule has 1 saturated heterocycles. The molecular weight excluding hydrogens is 477 g/mol. The second kappa shape index (κ2) is 9.76. The van der Waals surface area contributed by atoms with E-state index in [9.17, 15) is 14.0 Å². The van der Waals surface area contributed by atoms with Gasteiger partial charge in [0.1, 0.15) is 5.82 Å². The SMILES string of the molecule is O=C(CSc1nnc(-c2ccccc2Cl)n1-c1ccccc1F)N1CCN(C(=O)C2CC2)CC1. The van der Waals surface area contributed by atoms with Crippen molar-refractivity contribution in [2.75, 3.05) is 31.9 Å². The molecule has 1 aliphatic carbocycles. The van der Waals surface area contributed by atoms with Crippen LogP contribution < -0.4 is 0 Å². The lowest BCUT2D eigenvalue weighted by molar-refractivity contribution is -0.139. The summed E-state index contributed by atoms with van der Waals surface area (Å²) in [6.45, 7) is 2.16. The Morgan fingerprint density at radius 2 is 1.65 bits per heavy atom. The summed E-state index contributed by atoms with van der Waals surface area (Å²) in [5.74, 6) is 0.455. The third kappa shape index (κ3) is 4.67. The van der Waals surface area contributed by atoms with E-state index in [1.807, 2.05) is 17.0 Å². The lowest BCUT2D eigenvalue weighted by atomic mass is 10.2. The van der Waals surface area contributed by atoms with Crippen LogP contribution in [0.2, 0.25) is 5.02 Å². The molecule has 0 N–H and O–H groups in total. The number of carbonyl (C=O) groups excluding carboxylic acids is 2. The van der Waals surface area contributed by atoms with Crippen LogP contribution in [0.3, 0.4) is 0 Å². The number of rotatable bonds is 6. The minimum atomic E-state index is -0.430. The van der Waals surface area contributed by atoms with Crippen molar-refractivity contribution in [3.05, 3.63) is 59.4 Å². The van der Waals surface area contributed by atoms with Crippen molar-refractivity contribution in [3.8, 4) is 17.1 Å². The first-order chi connectivity index (χ1) is 16.5. The predicted molar refractivity (Wildman–Crippen MR) is 128 cm³/mol. The summed E-state index contributed by atoms with van der Waals surface area (Å²) in [7, 11) is 0. The van der Waals surface area contributed by atoms with Gasteiger partial charge in [-0.2, -0.15) is 0 Å². The molecule has 3 aromatic rings. The molecule has 1 aliphatic heterocycles. The highest BCUT2D eigenvalue weighted by molar-refractivity contribution is 7.99. The van der Waals surface area contributed by atoms with Crippen molar-refractivity contribution < 1.29 is 14.0 Å². The predicted octanol–water partition coefficient (Wildman–Crippen LogP) is 3.90. The van der Waals surface area contributed by atoms with Gasteiger partial charge in [-0.1, -0.05) is 47.6 Å². The van der Waals surface area contributed by atoms with E-state index in [0.717, 1.165) is 12.8 Å². The van der Waals surface area contributed by atoms with Gasteiger partial charge in [0, 0.05) is 37.7 Å². The number of halogens is 2. The van der Waals surface area contributed by atoms with Gasteiger partial charge < -0.3 is 9.80 Å². The maximum atomic E-state index is 14.8. The molecule has 7 nitrogen and oxygen atoms in total. The Kier molecular flexibility index (Phi) is 6.56. The Morgan fingerprint density at radius 3 is 2.35 bits per heavy atom. The van der Waals surface area contributed by atoms with Gasteiger partial charge in [0.2, 0.25) is 11.8 Å². The van der Waals surface area contributed by atoms with Crippen LogP contribution in [-0.4, -0.2) is 68.3 Å². The molecule has 176 valence electrons. The van der Waals surface area contributed by atoms with Gasteiger partial charge in [0.25, 0.3) is 0 Å². The lowest BCUT2D eigenvalue weighted by Gasteiger charge is -2.34. The molecule has 0 spiro atoms. The molecular formula is C24H23ClFN5O2S. The van der Waals surface area contributed by atoms with E-state index in [1.54, 1.807) is 39.8 Å². The van der Waals surface area contributed by atoms with E-state index in [2.05, 4.69) is 10.2 Å². The summed E-state index contributed by atoms with van der Waals surface area (Å²) in [6, 6.07) is 13.5. The van der Waals surface area contributed by atoms with Gasteiger partial charge in [-0.05, 0) is 37.1 Å². The maximum Gasteiger partial charge on any atom is 0.233 e. The number of aromatic nitrogens is 3. The normalized spacial score (nSPS) is 16.1. The Bertz CT molecular complexity index is 1220. The zero-order valence-electron chi connectivity index (χ0n) is 18.4. The zero-order chi connectivity index (χ0) is 23.7. The van der Waals surface area contributed by atoms with Crippen molar-refractivity contribution >= 4 is 35.2 Å². The van der Waals surface area contributed by atoms with Gasteiger partial charge in [0.05, 0.1) is 16.5 Å². The molecule has 5 rings (SSSR count). The Labute approximate surface area is 205 Å². The Hall–Kier alpha value is -2.91. The number of nitrogens with zero attached hydrogens (tertiary/aromatic N) is 5. The third-order valence-corrected chi connectivity index (χ3v) is 7.28. The average molecular weight is 500 g/mol. The minimum Gasteiger partial charge on any atom is -0.339 e. The summed E-state index contributed by atoms with van der Waals surface area (Å²) in [4.78, 5) is 28.8. The summed E-state index contributed by atoms with van der Waals surface area (Å²) in [5, 5.41) is 9.41. The number of benzene rings is 2. The maximum absolute atomic E-state index is 14.8. The van der Waals surface area contributed by atoms with Crippen LogP contribution in [0.4, 0.5) is 4.39 Å². The Morgan fingerprint density at radius 1 is 0.971 bits per heavy atom. The van der Waals surface area contributed by atoms with Gasteiger partial charge in [0.15, 0.2) is 11.0 Å². The molecule has 34 heavy (non-hydrogen) atoms. The van der Waals surface area contributed by atoms with E-state index in [1.165, 1.54) is 17.8 Å². The molecule has 10 heteroatoms. The summed E-state index contributed by atoms with van der Waals surface area (Å²) in [5.41, 5.74) is 0.902. The molecule has 0 radical (unpaired) electrons. The van der Waals surface area contributed by atoms with Gasteiger partial charge in [-0.15, -0.1) is 10.2 Å². The molecule has 0 atom stereocenters. The molecule has 2 heterocycles. The number of amides is 2. The van der Waals surface area contributed by atoms with E-state index < -0.39 is 5.82 Å². The number of thioether (sulfide) groups is 1. The molecule has 2 aliphatic rings. The van der Waals surface area contributed by atoms with Crippen LogP contribution in [0, 0.1) is 11.7 Å². The van der Waals surface area contributed by atoms with E-state index in [4.69, 9.17) is 11.6 Å². The second-order valence-corrected chi connectivity index (χ2v) is 9.69. The van der Waals surface area contributed by atoms with Crippen molar-refractivity contribution in [1.29, 1.82) is 0 Å². The van der Waals surface area contributed by atoms with Crippen molar-refractivity contribution in [3.63, 3.8) is 0 Å². The summed E-state index contributed by atoms with van der Waals surface area (Å²) in [6.07, 6.45) is 1.96. The highest BCUT2D eigenvalue weighted by atomic mass is 35.5. The summed E-state index contributed by atoms with van der Waals surface area (Å²) < 4.78 is 16.4. The molecule has 2 amide bonds. The van der Waals surface area contributed by atoms with Crippen LogP contribution in [0.25, 0.3) is 17.1 Å². The smallest absolute Gasteiger partial charge is 0.233 e. The van der Waals surface area contributed by atoms with Crippen LogP contribution in [-0.2, 0) is 9.59 Å². The number of carbonyl (C=O) groups is 2. The van der Waals surface area contributed by atoms with Crippen molar-refractivity contribution in [2.24, 2.45) is 5.92 Å². The van der Waals surface area contributed by atoms with Crippen LogP contribution in [0.5, 0.6) is 0 Å². The molecule has 2 fully saturated rings. The quantitative estimate of drug-likeness (QED) is 0.481. The second-order valence-electron chi connectivity index (χ2n) is 8.34. The fourth-order valence-electron chi connectivity index (χ4n) is 4.01. The Balaban J connectivity index is 1.33. The van der Waals surface area contributed by atoms with Crippen molar-refractivity contribution in [1.82, 2.24) is 24.6 Å². The van der Waals surface area contributed by atoms with Gasteiger partial charge >= 0.3 is 0 Å². The van der Waals surface area contributed by atoms with Crippen LogP contribution in [0.15, 0.2) is 53.7 Å². The fourth-order valence-corrected chi connectivity index (χ4v) is 5.08. The molecule has 0 unspecified atom stereocenters. The van der Waals surface area contributed by atoms with Crippen LogP contribution in [0.1, 0.15) is 12.8 Å². The molecule has 1 aromatic heterocycles. The standard InChI is InChI=1S/C24H23ClFN5O2S/c25-18-6-2-1-5-17(18)22-27-28-24(31(22)20-8-4-3-7-19(20)26)34-15-21(32)29-11-13-30(14-12-29)23(33)16-9-10-16/h1-8,16H,9-15H2. The van der Waals surface area contributed by atoms with Gasteiger partial charge in [-0.25, -0.2) is 4.39 Å². The average Bonchev–Trinajstić information content (AvgIpc) is 3.63. The van der Waals surface area contributed by atoms with Crippen LogP contribution >= 0.6 is 23.4 Å². The molecule has 2 aromatic carbocycles. The van der Waals surface area contributed by atoms with Gasteiger partial charge in [-0.3, -0.25) is 14.2 Å². The first kappa shape index (κ1) is 22.9. The molecule has 0 bridgehead atoms. The minimum absolute atomic E-state index is 0.0501. The lowest BCUT2D eigenvalue weighted by Crippen LogP contribution is -2.51. The van der Waals surface area contributed by atoms with E-state index >= 15 is 0 Å². The first-order valence-electron chi connectivity index (χ1n) is 11.2. The third-order valence-electron chi connectivity index (χ3n) is 6.04. The highest BCUT2D eigenvalue weighted by Gasteiger charge is 2.35. The monoisotopic (exact) mass is 499 g/mol. The number of hydrogen-bond acceptors (Lipinski definition) is 5. The number of para-hydroxylation sites is 1. The fraction of sp³-hybridized carbons (Fsp3) is 0.333. The highest BCUT2D eigenvalue weighted by Crippen LogP contribution is 2.33. The first-order valence-corrected chi connectivity index (χ1v) is 12.5. The largest absolute Gasteiger partial charge is 0.339 e.